The van der Waals surface area contributed by atoms with Crippen molar-refractivity contribution in [3.05, 3.63) is 33.8 Å². The third kappa shape index (κ3) is 3.89. The second kappa shape index (κ2) is 6.97. The first kappa shape index (κ1) is 16.6. The second-order valence-corrected chi connectivity index (χ2v) is 6.31. The minimum atomic E-state index is -0.186. The molecule has 0 fully saturated rings. The van der Waals surface area contributed by atoms with Crippen LogP contribution in [0, 0.1) is 5.41 Å². The number of nitrogens with two attached hydrogens (primary N) is 1. The number of hydrogen-bond donors (Lipinski definition) is 2. The van der Waals surface area contributed by atoms with E-state index in [-0.39, 0.29) is 17.3 Å². The fourth-order valence-corrected chi connectivity index (χ4v) is 3.20. The lowest BCUT2D eigenvalue weighted by Gasteiger charge is -2.38. The lowest BCUT2D eigenvalue weighted by molar-refractivity contribution is 0.181. The maximum absolute atomic E-state index is 7.51. The van der Waals surface area contributed by atoms with Crippen molar-refractivity contribution >= 4 is 45.8 Å². The molecule has 114 valence electrons. The van der Waals surface area contributed by atoms with Crippen molar-refractivity contribution in [3.8, 4) is 0 Å². The topological polar surface area (TPSA) is 65.5 Å². The van der Waals surface area contributed by atoms with Gasteiger partial charge >= 0.3 is 0 Å². The zero-order chi connectivity index (χ0) is 15.6. The van der Waals surface area contributed by atoms with Gasteiger partial charge in [-0.15, -0.1) is 0 Å². The monoisotopic (exact) mass is 346 g/mol. The molecule has 0 saturated heterocycles. The molecule has 2 rings (SSSR count). The highest BCUT2D eigenvalue weighted by molar-refractivity contribution is 6.64. The van der Waals surface area contributed by atoms with Crippen molar-refractivity contribution in [1.82, 2.24) is 4.90 Å². The lowest BCUT2D eigenvalue weighted by atomic mass is 10.0. The van der Waals surface area contributed by atoms with Crippen LogP contribution >= 0.6 is 34.8 Å². The quantitative estimate of drug-likeness (QED) is 0.816. The Bertz CT molecular complexity index is 573. The number of rotatable bonds is 4. The van der Waals surface area contributed by atoms with Crippen molar-refractivity contribution in [1.29, 1.82) is 5.41 Å². The maximum Gasteiger partial charge on any atom is 0.112 e. The minimum Gasteiger partial charge on any atom is -0.386 e. The minimum absolute atomic E-state index is 0.00580. The number of benzene rings is 1. The van der Waals surface area contributed by atoms with E-state index in [1.807, 2.05) is 13.0 Å². The molecule has 2 unspecified atom stereocenters. The van der Waals surface area contributed by atoms with Crippen LogP contribution in [0.2, 0.25) is 10.0 Å². The third-order valence-electron chi connectivity index (χ3n) is 3.67. The average molecular weight is 348 g/mol. The van der Waals surface area contributed by atoms with E-state index in [4.69, 9.17) is 45.9 Å². The van der Waals surface area contributed by atoms with Gasteiger partial charge in [0, 0.05) is 29.1 Å². The van der Waals surface area contributed by atoms with Gasteiger partial charge in [0.05, 0.1) is 17.8 Å². The van der Waals surface area contributed by atoms with Crippen LogP contribution in [0.5, 0.6) is 0 Å². The van der Waals surface area contributed by atoms with Crippen LogP contribution in [0.25, 0.3) is 0 Å². The normalized spacial score (nSPS) is 21.0. The Balaban J connectivity index is 2.31. The maximum atomic E-state index is 7.51. The molecule has 1 aliphatic heterocycles. The molecule has 7 heteroatoms. The fraction of sp³-hybridized carbons (Fsp3) is 0.429. The van der Waals surface area contributed by atoms with E-state index in [1.165, 1.54) is 0 Å². The van der Waals surface area contributed by atoms with E-state index in [0.29, 0.717) is 28.8 Å². The van der Waals surface area contributed by atoms with E-state index in [9.17, 15) is 0 Å². The van der Waals surface area contributed by atoms with E-state index < -0.39 is 0 Å². The third-order valence-corrected chi connectivity index (χ3v) is 4.41. The van der Waals surface area contributed by atoms with Crippen LogP contribution in [0.3, 0.4) is 0 Å². The molecule has 1 heterocycles. The molecule has 1 aromatic carbocycles. The van der Waals surface area contributed by atoms with E-state index in [0.717, 1.165) is 12.1 Å². The summed E-state index contributed by atoms with van der Waals surface area (Å²) in [7, 11) is 0. The van der Waals surface area contributed by atoms with Crippen molar-refractivity contribution in [2.45, 2.75) is 25.4 Å². The van der Waals surface area contributed by atoms with Gasteiger partial charge in [-0.25, -0.2) is 0 Å². The molecule has 0 aromatic heterocycles. The van der Waals surface area contributed by atoms with E-state index >= 15 is 0 Å². The summed E-state index contributed by atoms with van der Waals surface area (Å²) >= 11 is 18.1. The smallest absolute Gasteiger partial charge is 0.112 e. The number of aliphatic imine (C=N–C) groups is 1. The SMILES string of the molecule is CC(c1cc(Cl)ccc1Cl)N1CCN=C(N)C1CC(=N)Cl. The average Bonchev–Trinajstić information content (AvgIpc) is 2.42. The zero-order valence-corrected chi connectivity index (χ0v) is 13.9. The van der Waals surface area contributed by atoms with Crippen molar-refractivity contribution in [3.63, 3.8) is 0 Å². The van der Waals surface area contributed by atoms with Gasteiger partial charge in [-0.2, -0.15) is 0 Å². The summed E-state index contributed by atoms with van der Waals surface area (Å²) in [6.45, 7) is 3.40. The number of halogens is 3. The highest BCUT2D eigenvalue weighted by atomic mass is 35.5. The molecule has 2 atom stereocenters. The second-order valence-electron chi connectivity index (χ2n) is 5.01. The van der Waals surface area contributed by atoms with E-state index in [1.54, 1.807) is 12.1 Å². The van der Waals surface area contributed by atoms with Crippen molar-refractivity contribution in [2.75, 3.05) is 13.1 Å². The number of nitrogens with one attached hydrogen (secondary N) is 1. The largest absolute Gasteiger partial charge is 0.386 e. The summed E-state index contributed by atoms with van der Waals surface area (Å²) in [6, 6.07) is 5.23. The Morgan fingerprint density at radius 3 is 2.90 bits per heavy atom. The predicted octanol–water partition coefficient (Wildman–Crippen LogP) is 3.70. The standard InChI is InChI=1S/C14H17Cl3N4/c1-8(10-6-9(15)2-3-11(10)16)21-5-4-20-14(19)12(21)7-13(17)18/h2-3,6,8,12,18H,4-5,7H2,1H3,(H2,19,20). The lowest BCUT2D eigenvalue weighted by Crippen LogP contribution is -2.50. The number of hydrogen-bond acceptors (Lipinski definition) is 4. The Morgan fingerprint density at radius 2 is 2.24 bits per heavy atom. The van der Waals surface area contributed by atoms with Gasteiger partial charge in [0.25, 0.3) is 0 Å². The van der Waals surface area contributed by atoms with E-state index in [2.05, 4.69) is 9.89 Å². The molecule has 21 heavy (non-hydrogen) atoms. The van der Waals surface area contributed by atoms with Gasteiger partial charge in [-0.1, -0.05) is 34.8 Å². The van der Waals surface area contributed by atoms with Crippen LogP contribution < -0.4 is 5.73 Å². The summed E-state index contributed by atoms with van der Waals surface area (Å²) in [5.41, 5.74) is 6.93. The van der Waals surface area contributed by atoms with Gasteiger partial charge in [-0.3, -0.25) is 15.3 Å². The predicted molar refractivity (Wildman–Crippen MR) is 90.1 cm³/mol. The molecule has 3 N–H and O–H groups in total. The Labute approximate surface area is 139 Å². The molecular formula is C14H17Cl3N4. The Hall–Kier alpha value is -0.810. The van der Waals surface area contributed by atoms with Crippen LogP contribution in [-0.2, 0) is 0 Å². The molecule has 1 aliphatic rings. The highest BCUT2D eigenvalue weighted by Gasteiger charge is 2.31. The summed E-state index contributed by atoms with van der Waals surface area (Å²) in [5, 5.41) is 8.88. The fourth-order valence-electron chi connectivity index (χ4n) is 2.59. The first-order chi connectivity index (χ1) is 9.90. The van der Waals surface area contributed by atoms with Crippen molar-refractivity contribution in [2.24, 2.45) is 10.7 Å². The zero-order valence-electron chi connectivity index (χ0n) is 11.6. The molecule has 0 saturated carbocycles. The summed E-state index contributed by atoms with van der Waals surface area (Å²) in [6.07, 6.45) is 0.347. The Kier molecular flexibility index (Phi) is 5.49. The van der Waals surface area contributed by atoms with Crippen LogP contribution in [-0.4, -0.2) is 35.0 Å². The molecule has 0 amide bonds. The number of nitrogens with zero attached hydrogens (tertiary/aromatic N) is 2. The molecule has 0 radical (unpaired) electrons. The van der Waals surface area contributed by atoms with Gasteiger partial charge in [-0.05, 0) is 30.7 Å². The number of amidine groups is 1. The summed E-state index contributed by atoms with van der Waals surface area (Å²) in [4.78, 5) is 6.43. The summed E-state index contributed by atoms with van der Waals surface area (Å²) in [5.74, 6) is 0.511. The summed E-state index contributed by atoms with van der Waals surface area (Å²) < 4.78 is 0. The first-order valence-corrected chi connectivity index (χ1v) is 7.77. The van der Waals surface area contributed by atoms with Gasteiger partial charge < -0.3 is 5.73 Å². The van der Waals surface area contributed by atoms with Gasteiger partial charge in [0.15, 0.2) is 0 Å². The molecule has 0 bridgehead atoms. The van der Waals surface area contributed by atoms with Gasteiger partial charge in [0.2, 0.25) is 0 Å². The van der Waals surface area contributed by atoms with Crippen LogP contribution in [0.15, 0.2) is 23.2 Å². The van der Waals surface area contributed by atoms with Crippen molar-refractivity contribution < 1.29 is 0 Å². The van der Waals surface area contributed by atoms with Gasteiger partial charge in [0.1, 0.15) is 5.84 Å². The molecule has 1 aromatic rings. The molecular weight excluding hydrogens is 331 g/mol. The molecule has 4 nitrogen and oxygen atoms in total. The molecule has 0 spiro atoms. The first-order valence-electron chi connectivity index (χ1n) is 6.63. The highest BCUT2D eigenvalue weighted by Crippen LogP contribution is 2.32. The Morgan fingerprint density at radius 1 is 1.52 bits per heavy atom. The van der Waals surface area contributed by atoms with Crippen LogP contribution in [0.4, 0.5) is 0 Å². The van der Waals surface area contributed by atoms with Crippen LogP contribution in [0.1, 0.15) is 24.9 Å². The molecule has 0 aliphatic carbocycles.